The number of fused-ring (bicyclic) bond motifs is 6. The monoisotopic (exact) mass is 739 g/mol. The van der Waals surface area contributed by atoms with Crippen molar-refractivity contribution in [2.75, 3.05) is 4.90 Å². The van der Waals surface area contributed by atoms with Crippen molar-refractivity contribution in [3.8, 4) is 33.4 Å². The van der Waals surface area contributed by atoms with Crippen LogP contribution in [0.5, 0.6) is 0 Å². The lowest BCUT2D eigenvalue weighted by atomic mass is 9.84. The molecule has 0 aliphatic heterocycles. The highest BCUT2D eigenvalue weighted by molar-refractivity contribution is 6.24. The molecule has 0 fully saturated rings. The van der Waals surface area contributed by atoms with Crippen LogP contribution < -0.4 is 4.90 Å². The van der Waals surface area contributed by atoms with E-state index in [1.54, 1.807) is 0 Å². The second-order valence-electron chi connectivity index (χ2n) is 14.6. The van der Waals surface area contributed by atoms with Gasteiger partial charge in [-0.1, -0.05) is 140 Å². The molecule has 0 radical (unpaired) electrons. The molecular weight excluding hydrogens is 707 g/mol. The summed E-state index contributed by atoms with van der Waals surface area (Å²) < 4.78 is 6.51. The first-order chi connectivity index (χ1) is 28.7. The van der Waals surface area contributed by atoms with Gasteiger partial charge in [-0.05, 0) is 120 Å². The van der Waals surface area contributed by atoms with E-state index in [0.29, 0.717) is 5.69 Å². The van der Waals surface area contributed by atoms with Crippen molar-refractivity contribution < 1.29 is 4.42 Å². The Morgan fingerprint density at radius 3 is 1.66 bits per heavy atom. The van der Waals surface area contributed by atoms with Gasteiger partial charge in [0.25, 0.3) is 0 Å². The Bertz CT molecular complexity index is 3330. The van der Waals surface area contributed by atoms with E-state index in [0.717, 1.165) is 55.8 Å². The Balaban J connectivity index is 1.08. The molecule has 0 spiro atoms. The van der Waals surface area contributed by atoms with Crippen LogP contribution in [0.2, 0.25) is 0 Å². The van der Waals surface area contributed by atoms with E-state index < -0.39 is 0 Å². The fraction of sp³-hybridized carbons (Fsp3) is 0. The molecule has 4 nitrogen and oxygen atoms in total. The molecule has 0 unspecified atom stereocenters. The van der Waals surface area contributed by atoms with E-state index in [9.17, 15) is 0 Å². The van der Waals surface area contributed by atoms with Crippen LogP contribution in [0.4, 0.5) is 22.9 Å². The Morgan fingerprint density at radius 1 is 0.431 bits per heavy atom. The lowest BCUT2D eigenvalue weighted by Crippen LogP contribution is -2.11. The molecule has 11 aromatic rings. The fourth-order valence-corrected chi connectivity index (χ4v) is 8.66. The number of aromatic nitrogens is 1. The highest BCUT2D eigenvalue weighted by Crippen LogP contribution is 2.46. The average Bonchev–Trinajstić information content (AvgIpc) is 3.66. The summed E-state index contributed by atoms with van der Waals surface area (Å²) in [5.41, 5.74) is 11.2. The van der Waals surface area contributed by atoms with Crippen LogP contribution in [0.3, 0.4) is 0 Å². The van der Waals surface area contributed by atoms with Crippen molar-refractivity contribution in [2.45, 2.75) is 0 Å². The molecule has 0 saturated heterocycles. The van der Waals surface area contributed by atoms with Crippen molar-refractivity contribution in [1.29, 1.82) is 0 Å². The molecule has 0 bridgehead atoms. The molecule has 0 atom stereocenters. The molecule has 270 valence electrons. The van der Waals surface area contributed by atoms with Crippen LogP contribution in [0.1, 0.15) is 0 Å². The zero-order valence-electron chi connectivity index (χ0n) is 31.3. The first-order valence-electron chi connectivity index (χ1n) is 19.4. The van der Waals surface area contributed by atoms with E-state index >= 15 is 0 Å². The van der Waals surface area contributed by atoms with Crippen molar-refractivity contribution in [3.63, 3.8) is 0 Å². The van der Waals surface area contributed by atoms with Crippen molar-refractivity contribution >= 4 is 77.1 Å². The Kier molecular flexibility index (Phi) is 7.84. The fourth-order valence-electron chi connectivity index (χ4n) is 8.66. The summed E-state index contributed by atoms with van der Waals surface area (Å²) in [5, 5.41) is 9.45. The molecule has 0 amide bonds. The van der Waals surface area contributed by atoms with Gasteiger partial charge in [0.15, 0.2) is 5.69 Å². The maximum atomic E-state index is 7.31. The normalized spacial score (nSPS) is 11.4. The van der Waals surface area contributed by atoms with Crippen LogP contribution in [-0.4, -0.2) is 4.98 Å². The summed E-state index contributed by atoms with van der Waals surface area (Å²) in [4.78, 5) is 10.5. The second kappa shape index (κ2) is 13.6. The van der Waals surface area contributed by atoms with E-state index in [2.05, 4.69) is 161 Å². The maximum absolute atomic E-state index is 7.31. The molecule has 58 heavy (non-hydrogen) atoms. The van der Waals surface area contributed by atoms with E-state index in [1.807, 2.05) is 48.7 Å². The van der Waals surface area contributed by atoms with Gasteiger partial charge in [-0.15, -0.1) is 0 Å². The minimum Gasteiger partial charge on any atom is -0.456 e. The quantitative estimate of drug-likeness (QED) is 0.126. The summed E-state index contributed by atoms with van der Waals surface area (Å²) in [6.45, 7) is 7.31. The second-order valence-corrected chi connectivity index (χ2v) is 14.6. The van der Waals surface area contributed by atoms with Crippen molar-refractivity contribution in [3.05, 3.63) is 212 Å². The summed E-state index contributed by atoms with van der Waals surface area (Å²) in [5.74, 6) is 0.814. The summed E-state index contributed by atoms with van der Waals surface area (Å²) >= 11 is 0. The molecule has 0 N–H and O–H groups in total. The number of benzene rings is 9. The zero-order valence-corrected chi connectivity index (χ0v) is 31.3. The standard InChI is InChI=1S/C54H33N3O/c1-55-39-25-20-35(21-26-39)36-22-27-40(28-23-36)57(52-19-8-9-32-56-52)41-29-31-51-49(34-41)48-33-38(24-30-50(48)58-51)53-44-14-4-6-16-46(44)54(47-17-7-5-15-45(47)53)43-18-10-12-37-11-2-3-13-42(37)43/h2-34H. The van der Waals surface area contributed by atoms with Crippen molar-refractivity contribution in [2.24, 2.45) is 0 Å². The third kappa shape index (κ3) is 5.49. The lowest BCUT2D eigenvalue weighted by Gasteiger charge is -2.24. The van der Waals surface area contributed by atoms with Gasteiger partial charge in [0.1, 0.15) is 17.0 Å². The third-order valence-corrected chi connectivity index (χ3v) is 11.3. The van der Waals surface area contributed by atoms with Crippen molar-refractivity contribution in [1.82, 2.24) is 4.98 Å². The number of hydrogen-bond donors (Lipinski definition) is 0. The Hall–Kier alpha value is -8.00. The highest BCUT2D eigenvalue weighted by Gasteiger charge is 2.20. The lowest BCUT2D eigenvalue weighted by molar-refractivity contribution is 0.669. The van der Waals surface area contributed by atoms with Gasteiger partial charge in [0.2, 0.25) is 0 Å². The van der Waals surface area contributed by atoms with E-state index in [4.69, 9.17) is 16.0 Å². The zero-order chi connectivity index (χ0) is 38.6. The molecular formula is C54H33N3O. The largest absolute Gasteiger partial charge is 0.456 e. The van der Waals surface area contributed by atoms with Gasteiger partial charge in [0.05, 0.1) is 6.57 Å². The van der Waals surface area contributed by atoms with Gasteiger partial charge < -0.3 is 4.42 Å². The van der Waals surface area contributed by atoms with Crippen LogP contribution in [-0.2, 0) is 0 Å². The topological polar surface area (TPSA) is 33.6 Å². The Morgan fingerprint density at radius 2 is 0.983 bits per heavy atom. The Labute approximate surface area is 335 Å². The predicted octanol–water partition coefficient (Wildman–Crippen LogP) is 15.5. The van der Waals surface area contributed by atoms with Gasteiger partial charge in [-0.25, -0.2) is 9.83 Å². The molecule has 0 aliphatic carbocycles. The smallest absolute Gasteiger partial charge is 0.187 e. The summed E-state index contributed by atoms with van der Waals surface area (Å²) in [6, 6.07) is 68.2. The highest BCUT2D eigenvalue weighted by atomic mass is 16.3. The molecule has 0 aliphatic rings. The number of pyridine rings is 1. The maximum Gasteiger partial charge on any atom is 0.187 e. The van der Waals surface area contributed by atoms with Crippen LogP contribution in [0.25, 0.3) is 92.5 Å². The van der Waals surface area contributed by atoms with Gasteiger partial charge in [-0.2, -0.15) is 0 Å². The first kappa shape index (κ1) is 33.3. The minimum absolute atomic E-state index is 0.632. The van der Waals surface area contributed by atoms with Gasteiger partial charge >= 0.3 is 0 Å². The number of furan rings is 1. The number of hydrogen-bond acceptors (Lipinski definition) is 3. The number of nitrogens with zero attached hydrogens (tertiary/aromatic N) is 3. The molecule has 4 heteroatoms. The minimum atomic E-state index is 0.632. The number of rotatable bonds is 6. The van der Waals surface area contributed by atoms with Gasteiger partial charge in [-0.3, -0.25) is 4.90 Å². The third-order valence-electron chi connectivity index (χ3n) is 11.3. The van der Waals surface area contributed by atoms with Gasteiger partial charge in [0, 0.05) is 28.3 Å². The molecule has 2 heterocycles. The van der Waals surface area contributed by atoms with E-state index in [1.165, 1.54) is 49.0 Å². The van der Waals surface area contributed by atoms with Crippen LogP contribution in [0.15, 0.2) is 205 Å². The SMILES string of the molecule is [C-]#[N+]c1ccc(-c2ccc(N(c3ccc4oc5ccc(-c6c7ccccc7c(-c7cccc8ccccc78)c7ccccc67)cc5c4c3)c3ccccn3)cc2)cc1. The predicted molar refractivity (Wildman–Crippen MR) is 241 cm³/mol. The number of anilines is 3. The summed E-state index contributed by atoms with van der Waals surface area (Å²) in [6.07, 6.45) is 1.83. The molecule has 9 aromatic carbocycles. The molecule has 11 rings (SSSR count). The average molecular weight is 740 g/mol. The van der Waals surface area contributed by atoms with Crippen LogP contribution >= 0.6 is 0 Å². The van der Waals surface area contributed by atoms with Crippen LogP contribution in [0, 0.1) is 6.57 Å². The summed E-state index contributed by atoms with van der Waals surface area (Å²) in [7, 11) is 0. The molecule has 2 aromatic heterocycles. The van der Waals surface area contributed by atoms with E-state index in [-0.39, 0.29) is 0 Å². The molecule has 0 saturated carbocycles. The first-order valence-corrected chi connectivity index (χ1v) is 19.4.